The molecule has 0 amide bonds. The fourth-order valence-electron chi connectivity index (χ4n) is 2.59. The highest BCUT2D eigenvalue weighted by Crippen LogP contribution is 2.26. The normalized spacial score (nSPS) is 20.8. The van der Waals surface area contributed by atoms with Gasteiger partial charge in [-0.2, -0.15) is 0 Å². The Morgan fingerprint density at radius 3 is 3.16 bits per heavy atom. The minimum atomic E-state index is 0.287. The standard InChI is InChI=1S/C15H17ClN2O/c1-11-9-18(7-8-19-11)10-13-14(16)5-4-12-3-2-6-17-15(12)13/h2-6,11H,7-10H2,1H3/t11-/m1/s1. The highest BCUT2D eigenvalue weighted by atomic mass is 35.5. The van der Waals surface area contributed by atoms with Gasteiger partial charge in [-0.25, -0.2) is 0 Å². The molecule has 0 saturated carbocycles. The van der Waals surface area contributed by atoms with Gasteiger partial charge in [0.25, 0.3) is 0 Å². The Labute approximate surface area is 118 Å². The van der Waals surface area contributed by atoms with Crippen molar-refractivity contribution in [1.82, 2.24) is 9.88 Å². The summed E-state index contributed by atoms with van der Waals surface area (Å²) in [5.41, 5.74) is 2.13. The molecule has 1 atom stereocenters. The zero-order valence-electron chi connectivity index (χ0n) is 11.0. The number of ether oxygens (including phenoxy) is 1. The number of pyridine rings is 1. The topological polar surface area (TPSA) is 25.4 Å². The molecule has 2 heterocycles. The lowest BCUT2D eigenvalue weighted by Gasteiger charge is -2.31. The number of nitrogens with zero attached hydrogens (tertiary/aromatic N) is 2. The summed E-state index contributed by atoms with van der Waals surface area (Å²) < 4.78 is 5.57. The number of hydrogen-bond acceptors (Lipinski definition) is 3. The summed E-state index contributed by atoms with van der Waals surface area (Å²) in [6, 6.07) is 8.02. The van der Waals surface area contributed by atoms with Crippen LogP contribution in [-0.4, -0.2) is 35.7 Å². The predicted octanol–water partition coefficient (Wildman–Crippen LogP) is 3.11. The Kier molecular flexibility index (Phi) is 3.69. The molecule has 1 aromatic heterocycles. The maximum atomic E-state index is 6.36. The van der Waals surface area contributed by atoms with Gasteiger partial charge in [0.15, 0.2) is 0 Å². The first-order valence-electron chi connectivity index (χ1n) is 6.60. The van der Waals surface area contributed by atoms with Crippen LogP contribution in [-0.2, 0) is 11.3 Å². The van der Waals surface area contributed by atoms with Gasteiger partial charge in [-0.3, -0.25) is 9.88 Å². The number of hydrogen-bond donors (Lipinski definition) is 0. The van der Waals surface area contributed by atoms with Crippen LogP contribution in [0.25, 0.3) is 10.9 Å². The van der Waals surface area contributed by atoms with E-state index in [-0.39, 0.29) is 6.10 Å². The zero-order valence-corrected chi connectivity index (χ0v) is 11.7. The van der Waals surface area contributed by atoms with Crippen LogP contribution in [0.2, 0.25) is 5.02 Å². The van der Waals surface area contributed by atoms with E-state index in [1.165, 1.54) is 0 Å². The van der Waals surface area contributed by atoms with Crippen molar-refractivity contribution in [2.75, 3.05) is 19.7 Å². The van der Waals surface area contributed by atoms with Crippen molar-refractivity contribution in [2.45, 2.75) is 19.6 Å². The molecular formula is C15H17ClN2O. The van der Waals surface area contributed by atoms with Gasteiger partial charge in [-0.05, 0) is 19.1 Å². The third kappa shape index (κ3) is 2.73. The molecule has 3 rings (SSSR count). The molecule has 0 unspecified atom stereocenters. The van der Waals surface area contributed by atoms with E-state index < -0.39 is 0 Å². The fourth-order valence-corrected chi connectivity index (χ4v) is 2.80. The van der Waals surface area contributed by atoms with Gasteiger partial charge >= 0.3 is 0 Å². The Bertz CT molecular complexity index is 587. The van der Waals surface area contributed by atoms with Gasteiger partial charge in [0, 0.05) is 41.8 Å². The second kappa shape index (κ2) is 5.45. The van der Waals surface area contributed by atoms with Gasteiger partial charge in [-0.1, -0.05) is 23.7 Å². The van der Waals surface area contributed by atoms with Crippen LogP contribution in [0, 0.1) is 0 Å². The Morgan fingerprint density at radius 2 is 2.32 bits per heavy atom. The van der Waals surface area contributed by atoms with Gasteiger partial charge in [-0.15, -0.1) is 0 Å². The molecule has 1 aliphatic rings. The Balaban J connectivity index is 1.93. The maximum Gasteiger partial charge on any atom is 0.0761 e. The van der Waals surface area contributed by atoms with E-state index >= 15 is 0 Å². The largest absolute Gasteiger partial charge is 0.376 e. The highest BCUT2D eigenvalue weighted by Gasteiger charge is 2.19. The van der Waals surface area contributed by atoms with Crippen molar-refractivity contribution in [1.29, 1.82) is 0 Å². The van der Waals surface area contributed by atoms with E-state index in [1.54, 1.807) is 0 Å². The maximum absolute atomic E-state index is 6.36. The molecule has 0 N–H and O–H groups in total. The van der Waals surface area contributed by atoms with Crippen LogP contribution in [0.4, 0.5) is 0 Å². The summed E-state index contributed by atoms with van der Waals surface area (Å²) in [6.07, 6.45) is 2.11. The quantitative estimate of drug-likeness (QED) is 0.843. The monoisotopic (exact) mass is 276 g/mol. The van der Waals surface area contributed by atoms with Crippen LogP contribution in [0.5, 0.6) is 0 Å². The number of aromatic nitrogens is 1. The van der Waals surface area contributed by atoms with Gasteiger partial charge in [0.05, 0.1) is 18.2 Å². The third-order valence-electron chi connectivity index (χ3n) is 3.53. The van der Waals surface area contributed by atoms with Crippen LogP contribution in [0.1, 0.15) is 12.5 Å². The molecule has 1 fully saturated rings. The highest BCUT2D eigenvalue weighted by molar-refractivity contribution is 6.32. The van der Waals surface area contributed by atoms with Crippen LogP contribution in [0.15, 0.2) is 30.5 Å². The third-order valence-corrected chi connectivity index (χ3v) is 3.88. The van der Waals surface area contributed by atoms with Crippen molar-refractivity contribution in [3.8, 4) is 0 Å². The van der Waals surface area contributed by atoms with Crippen LogP contribution in [0.3, 0.4) is 0 Å². The average molecular weight is 277 g/mol. The molecule has 0 spiro atoms. The van der Waals surface area contributed by atoms with E-state index in [4.69, 9.17) is 16.3 Å². The molecule has 1 saturated heterocycles. The Hall–Kier alpha value is -1.16. The van der Waals surface area contributed by atoms with Crippen molar-refractivity contribution in [3.05, 3.63) is 41.0 Å². The number of morpholine rings is 1. The average Bonchev–Trinajstić information content (AvgIpc) is 2.42. The van der Waals surface area contributed by atoms with E-state index in [2.05, 4.69) is 22.9 Å². The molecule has 1 aromatic carbocycles. The summed E-state index contributed by atoms with van der Waals surface area (Å²) in [6.45, 7) is 5.62. The molecule has 0 radical (unpaired) electrons. The van der Waals surface area contributed by atoms with Crippen molar-refractivity contribution in [2.24, 2.45) is 0 Å². The summed E-state index contributed by atoms with van der Waals surface area (Å²) in [5, 5.41) is 1.94. The number of fused-ring (bicyclic) bond motifs is 1. The first-order chi connectivity index (χ1) is 9.24. The summed E-state index contributed by atoms with van der Waals surface area (Å²) in [4.78, 5) is 6.86. The van der Waals surface area contributed by atoms with E-state index in [0.29, 0.717) is 0 Å². The number of halogens is 1. The van der Waals surface area contributed by atoms with E-state index in [9.17, 15) is 0 Å². The molecule has 19 heavy (non-hydrogen) atoms. The second-order valence-corrected chi connectivity index (χ2v) is 5.42. The minimum Gasteiger partial charge on any atom is -0.376 e. The first-order valence-corrected chi connectivity index (χ1v) is 6.98. The van der Waals surface area contributed by atoms with Gasteiger partial charge < -0.3 is 4.74 Å². The Morgan fingerprint density at radius 1 is 1.42 bits per heavy atom. The van der Waals surface area contributed by atoms with Crippen molar-refractivity contribution < 1.29 is 4.74 Å². The molecular weight excluding hydrogens is 260 g/mol. The first kappa shape index (κ1) is 12.9. The van der Waals surface area contributed by atoms with Crippen LogP contribution >= 0.6 is 11.6 Å². The molecule has 2 aromatic rings. The summed E-state index contributed by atoms with van der Waals surface area (Å²) >= 11 is 6.36. The van der Waals surface area contributed by atoms with Gasteiger partial charge in [0.2, 0.25) is 0 Å². The van der Waals surface area contributed by atoms with Gasteiger partial charge in [0.1, 0.15) is 0 Å². The molecule has 3 nitrogen and oxygen atoms in total. The zero-order chi connectivity index (χ0) is 13.2. The smallest absolute Gasteiger partial charge is 0.0761 e. The molecule has 1 aliphatic heterocycles. The summed E-state index contributed by atoms with van der Waals surface area (Å²) in [5.74, 6) is 0. The van der Waals surface area contributed by atoms with E-state index in [1.807, 2.05) is 24.4 Å². The molecule has 100 valence electrons. The fraction of sp³-hybridized carbons (Fsp3) is 0.400. The number of rotatable bonds is 2. The second-order valence-electron chi connectivity index (χ2n) is 5.02. The minimum absolute atomic E-state index is 0.287. The number of benzene rings is 1. The SMILES string of the molecule is C[C@@H]1CN(Cc2c(Cl)ccc3cccnc23)CCO1. The lowest BCUT2D eigenvalue weighted by atomic mass is 10.1. The predicted molar refractivity (Wildman–Crippen MR) is 77.4 cm³/mol. The van der Waals surface area contributed by atoms with E-state index in [0.717, 1.165) is 47.7 Å². The summed E-state index contributed by atoms with van der Waals surface area (Å²) in [7, 11) is 0. The molecule has 0 bridgehead atoms. The van der Waals surface area contributed by atoms with Crippen molar-refractivity contribution >= 4 is 22.5 Å². The van der Waals surface area contributed by atoms with Crippen molar-refractivity contribution in [3.63, 3.8) is 0 Å². The van der Waals surface area contributed by atoms with Crippen LogP contribution < -0.4 is 0 Å². The lowest BCUT2D eigenvalue weighted by Crippen LogP contribution is -2.40. The molecule has 0 aliphatic carbocycles. The lowest BCUT2D eigenvalue weighted by molar-refractivity contribution is -0.0210. The molecule has 4 heteroatoms.